The van der Waals surface area contributed by atoms with Gasteiger partial charge in [0.2, 0.25) is 23.6 Å². The van der Waals surface area contributed by atoms with Crippen LogP contribution in [-0.2, 0) is 35.2 Å². The van der Waals surface area contributed by atoms with Gasteiger partial charge >= 0.3 is 11.9 Å². The lowest BCUT2D eigenvalue weighted by Crippen LogP contribution is -2.59. The van der Waals surface area contributed by atoms with Gasteiger partial charge in [0, 0.05) is 30.5 Å². The Bertz CT molecular complexity index is 1060. The molecule has 0 radical (unpaired) electrons. The zero-order valence-electron chi connectivity index (χ0n) is 23.7. The number of amides is 4. The second-order valence-corrected chi connectivity index (χ2v) is 10.4. The number of aromatic nitrogens is 2. The Balaban J connectivity index is 3.08. The highest BCUT2D eigenvalue weighted by Gasteiger charge is 2.32. The van der Waals surface area contributed by atoms with Crippen molar-refractivity contribution in [3.63, 3.8) is 0 Å². The van der Waals surface area contributed by atoms with Crippen molar-refractivity contribution in [1.29, 1.82) is 0 Å². The second kappa shape index (κ2) is 18.7. The van der Waals surface area contributed by atoms with E-state index in [2.05, 4.69) is 43.9 Å². The third-order valence-electron chi connectivity index (χ3n) is 6.24. The van der Waals surface area contributed by atoms with Crippen LogP contribution in [-0.4, -0.2) is 98.3 Å². The molecule has 1 rings (SSSR count). The zero-order chi connectivity index (χ0) is 31.8. The maximum Gasteiger partial charge on any atom is 0.327 e. The summed E-state index contributed by atoms with van der Waals surface area (Å²) in [7, 11) is 0. The molecule has 42 heavy (non-hydrogen) atoms. The first-order valence-electron chi connectivity index (χ1n) is 13.5. The summed E-state index contributed by atoms with van der Waals surface area (Å²) >= 11 is 3.92. The van der Waals surface area contributed by atoms with Gasteiger partial charge in [-0.3, -0.25) is 24.0 Å². The average Bonchev–Trinajstić information content (AvgIpc) is 3.44. The van der Waals surface area contributed by atoms with E-state index in [0.717, 1.165) is 0 Å². The van der Waals surface area contributed by atoms with E-state index in [-0.39, 0.29) is 25.0 Å². The molecular weight excluding hydrogens is 572 g/mol. The van der Waals surface area contributed by atoms with Gasteiger partial charge in [-0.15, -0.1) is 0 Å². The maximum atomic E-state index is 13.3. The smallest absolute Gasteiger partial charge is 0.327 e. The molecule has 0 fully saturated rings. The van der Waals surface area contributed by atoms with Crippen molar-refractivity contribution in [2.24, 2.45) is 17.4 Å². The topological polar surface area (TPSA) is 272 Å². The molecule has 236 valence electrons. The van der Waals surface area contributed by atoms with Gasteiger partial charge in [0.05, 0.1) is 12.4 Å². The van der Waals surface area contributed by atoms with Crippen LogP contribution in [0.15, 0.2) is 12.5 Å². The first-order valence-corrected chi connectivity index (χ1v) is 14.1. The van der Waals surface area contributed by atoms with E-state index in [4.69, 9.17) is 16.6 Å². The lowest BCUT2D eigenvalue weighted by Gasteiger charge is -2.27. The highest BCUT2D eigenvalue weighted by Crippen LogP contribution is 2.09. The molecule has 11 N–H and O–H groups in total. The van der Waals surface area contributed by atoms with Gasteiger partial charge < -0.3 is 47.9 Å². The van der Waals surface area contributed by atoms with E-state index in [1.807, 2.05) is 0 Å². The third-order valence-corrected chi connectivity index (χ3v) is 6.60. The molecule has 1 aromatic rings. The van der Waals surface area contributed by atoms with Gasteiger partial charge in [0.1, 0.15) is 24.2 Å². The van der Waals surface area contributed by atoms with Crippen molar-refractivity contribution >= 4 is 48.2 Å². The standard InChI is InChI=1S/C25H42N8O8S/c1-13(2)20(24(39)32-18(11-42)25(40)41)33-23(38)16(5-3-4-8-26)31-22(37)17(6-7-19(34)35)30-21(36)15(27)9-14-10-28-12-29-14/h10,12-13,15-18,20,42H,3-9,11,26-27H2,1-2H3,(H,28,29)(H,30,36)(H,31,37)(H,32,39)(H,33,38)(H,34,35)(H,40,41). The summed E-state index contributed by atoms with van der Waals surface area (Å²) in [6.45, 7) is 3.62. The van der Waals surface area contributed by atoms with E-state index in [1.54, 1.807) is 13.8 Å². The molecule has 17 heteroatoms. The molecule has 0 aliphatic rings. The number of hydrogen-bond acceptors (Lipinski definition) is 10. The van der Waals surface area contributed by atoms with Crippen LogP contribution in [0.2, 0.25) is 0 Å². The summed E-state index contributed by atoms with van der Waals surface area (Å²) in [4.78, 5) is 81.3. The fraction of sp³-hybridized carbons (Fsp3) is 0.640. The summed E-state index contributed by atoms with van der Waals surface area (Å²) in [5.74, 6) is -6.14. The summed E-state index contributed by atoms with van der Waals surface area (Å²) in [5.41, 5.74) is 12.1. The number of nitrogens with one attached hydrogen (secondary N) is 5. The quantitative estimate of drug-likeness (QED) is 0.0560. The molecule has 1 heterocycles. The lowest BCUT2D eigenvalue weighted by molar-refractivity contribution is -0.142. The van der Waals surface area contributed by atoms with Crippen LogP contribution in [0.5, 0.6) is 0 Å². The van der Waals surface area contributed by atoms with E-state index in [1.165, 1.54) is 12.5 Å². The number of carbonyl (C=O) groups is 6. The molecule has 0 saturated carbocycles. The minimum absolute atomic E-state index is 0.0812. The van der Waals surface area contributed by atoms with Crippen molar-refractivity contribution in [3.8, 4) is 0 Å². The highest BCUT2D eigenvalue weighted by molar-refractivity contribution is 7.80. The Morgan fingerprint density at radius 2 is 1.50 bits per heavy atom. The second-order valence-electron chi connectivity index (χ2n) is 10.0. The SMILES string of the molecule is CC(C)C(NC(=O)C(CCCCN)NC(=O)C(CCC(=O)O)NC(=O)C(N)Cc1cnc[nH]1)C(=O)NC(CS)C(=O)O. The molecule has 0 aliphatic carbocycles. The largest absolute Gasteiger partial charge is 0.481 e. The van der Waals surface area contributed by atoms with Crippen LogP contribution in [0, 0.1) is 5.92 Å². The van der Waals surface area contributed by atoms with Crippen LogP contribution < -0.4 is 32.7 Å². The molecular formula is C25H42N8O8S. The number of nitrogens with two attached hydrogens (primary N) is 2. The molecule has 1 aromatic heterocycles. The number of imidazole rings is 1. The fourth-order valence-corrected chi connectivity index (χ4v) is 4.06. The van der Waals surface area contributed by atoms with Crippen molar-refractivity contribution in [1.82, 2.24) is 31.2 Å². The van der Waals surface area contributed by atoms with Gasteiger partial charge in [-0.05, 0) is 38.1 Å². The van der Waals surface area contributed by atoms with Gasteiger partial charge in [-0.25, -0.2) is 9.78 Å². The van der Waals surface area contributed by atoms with Crippen LogP contribution in [0.4, 0.5) is 0 Å². The minimum atomic E-state index is -1.33. The molecule has 0 aliphatic heterocycles. The molecule has 0 aromatic carbocycles. The average molecular weight is 615 g/mol. The van der Waals surface area contributed by atoms with Crippen molar-refractivity contribution < 1.29 is 39.0 Å². The Morgan fingerprint density at radius 3 is 2.02 bits per heavy atom. The van der Waals surface area contributed by atoms with E-state index < -0.39 is 78.1 Å². The van der Waals surface area contributed by atoms with E-state index in [0.29, 0.717) is 25.1 Å². The first kappa shape index (κ1) is 36.3. The zero-order valence-corrected chi connectivity index (χ0v) is 24.6. The lowest BCUT2D eigenvalue weighted by atomic mass is 10.0. The number of thiol groups is 1. The van der Waals surface area contributed by atoms with E-state index in [9.17, 15) is 33.9 Å². The maximum absolute atomic E-state index is 13.3. The molecule has 0 spiro atoms. The Kier molecular flexibility index (Phi) is 16.2. The number of H-pyrrole nitrogens is 1. The Morgan fingerprint density at radius 1 is 0.905 bits per heavy atom. The number of carbonyl (C=O) groups excluding carboxylic acids is 4. The predicted molar refractivity (Wildman–Crippen MR) is 154 cm³/mol. The van der Waals surface area contributed by atoms with Crippen LogP contribution in [0.3, 0.4) is 0 Å². The van der Waals surface area contributed by atoms with Gasteiger partial charge in [0.25, 0.3) is 0 Å². The van der Waals surface area contributed by atoms with Gasteiger partial charge in [-0.2, -0.15) is 12.6 Å². The number of aromatic amines is 1. The molecule has 5 atom stereocenters. The minimum Gasteiger partial charge on any atom is -0.481 e. The number of carboxylic acids is 2. The normalized spacial score (nSPS) is 14.6. The number of aliphatic carboxylic acids is 2. The highest BCUT2D eigenvalue weighted by atomic mass is 32.1. The monoisotopic (exact) mass is 614 g/mol. The third kappa shape index (κ3) is 12.9. The number of hydrogen-bond donors (Lipinski definition) is 10. The van der Waals surface area contributed by atoms with Crippen LogP contribution in [0.1, 0.15) is 51.6 Å². The summed E-state index contributed by atoms with van der Waals surface area (Å²) < 4.78 is 0. The Labute approximate surface area is 248 Å². The summed E-state index contributed by atoms with van der Waals surface area (Å²) in [5, 5.41) is 28.3. The van der Waals surface area contributed by atoms with E-state index >= 15 is 0 Å². The molecule has 0 saturated heterocycles. The summed E-state index contributed by atoms with van der Waals surface area (Å²) in [6.07, 6.45) is 3.32. The van der Waals surface area contributed by atoms with Gasteiger partial charge in [-0.1, -0.05) is 13.8 Å². The number of carboxylic acid groups (broad SMARTS) is 2. The van der Waals surface area contributed by atoms with Crippen molar-refractivity contribution in [3.05, 3.63) is 18.2 Å². The first-order chi connectivity index (χ1) is 19.8. The summed E-state index contributed by atoms with van der Waals surface area (Å²) in [6, 6.07) is -6.01. The number of rotatable bonds is 20. The van der Waals surface area contributed by atoms with Crippen molar-refractivity contribution in [2.45, 2.75) is 82.6 Å². The van der Waals surface area contributed by atoms with Gasteiger partial charge in [0.15, 0.2) is 0 Å². The van der Waals surface area contributed by atoms with Crippen molar-refractivity contribution in [2.75, 3.05) is 12.3 Å². The number of unbranched alkanes of at least 4 members (excludes halogenated alkanes) is 1. The molecule has 0 bridgehead atoms. The molecule has 4 amide bonds. The predicted octanol–water partition coefficient (Wildman–Crippen LogP) is -2.12. The number of nitrogens with zero attached hydrogens (tertiary/aromatic N) is 1. The molecule has 16 nitrogen and oxygen atoms in total. The fourth-order valence-electron chi connectivity index (χ4n) is 3.81. The Hall–Kier alpha value is -3.70. The van der Waals surface area contributed by atoms with Crippen LogP contribution >= 0.6 is 12.6 Å². The van der Waals surface area contributed by atoms with Crippen LogP contribution in [0.25, 0.3) is 0 Å². The molecule has 5 unspecified atom stereocenters.